The van der Waals surface area contributed by atoms with E-state index in [-0.39, 0.29) is 81.3 Å². The average molecular weight is 781 g/mol. The van der Waals surface area contributed by atoms with Crippen LogP contribution in [0.3, 0.4) is 0 Å². The van der Waals surface area contributed by atoms with Gasteiger partial charge in [-0.05, 0) is 34.3 Å². The molecule has 0 bridgehead atoms. The van der Waals surface area contributed by atoms with Crippen molar-refractivity contribution in [3.05, 3.63) is 71.3 Å². The van der Waals surface area contributed by atoms with Gasteiger partial charge in [0.1, 0.15) is 11.5 Å². The van der Waals surface area contributed by atoms with Gasteiger partial charge in [-0.15, -0.1) is 0 Å². The Morgan fingerprint density at radius 2 is 1.30 bits per heavy atom. The molecule has 2 aromatic carbocycles. The van der Waals surface area contributed by atoms with E-state index in [9.17, 15) is 8.42 Å². The number of methoxy groups -OCH3 is 4. The maximum Gasteiger partial charge on any atom is 1.00 e. The number of nitrogens with zero attached hydrogens (tertiary/aromatic N) is 5. The van der Waals surface area contributed by atoms with Crippen molar-refractivity contribution in [2.75, 3.05) is 41.7 Å². The fourth-order valence-electron chi connectivity index (χ4n) is 5.77. The molecule has 0 saturated heterocycles. The minimum atomic E-state index is -1.45. The quantitative estimate of drug-likeness (QED) is 0.148. The fourth-order valence-corrected chi connectivity index (χ4v) is 7.77. The molecule has 4 aromatic heterocycles. The number of H-pyrrole nitrogens is 1. The summed E-state index contributed by atoms with van der Waals surface area (Å²) < 4.78 is 57.8. The maximum absolute atomic E-state index is 12.8. The zero-order valence-corrected chi connectivity index (χ0v) is 35.8. The van der Waals surface area contributed by atoms with Gasteiger partial charge in [-0.3, -0.25) is 18.4 Å². The van der Waals surface area contributed by atoms with Crippen LogP contribution in [0.15, 0.2) is 59.1 Å². The van der Waals surface area contributed by atoms with Crippen molar-refractivity contribution in [2.24, 2.45) is 0 Å². The minimum absolute atomic E-state index is 0. The van der Waals surface area contributed by atoms with Gasteiger partial charge in [0.15, 0.2) is 28.2 Å². The summed E-state index contributed by atoms with van der Waals surface area (Å²) in [6.07, 6.45) is 4.95. The second kappa shape index (κ2) is 18.9. The van der Waals surface area contributed by atoms with Crippen LogP contribution in [0.5, 0.6) is 34.5 Å². The van der Waals surface area contributed by atoms with Crippen LogP contribution in [0, 0.1) is 0 Å². The van der Waals surface area contributed by atoms with Crippen molar-refractivity contribution in [3.8, 4) is 34.5 Å². The molecule has 8 rings (SSSR count). The van der Waals surface area contributed by atoms with Crippen LogP contribution in [-0.2, 0) is 45.9 Å². The van der Waals surface area contributed by atoms with Crippen molar-refractivity contribution in [1.29, 1.82) is 0 Å². The number of aromatic nitrogens is 6. The molecule has 6 heterocycles. The maximum atomic E-state index is 12.8. The molecule has 2 aliphatic heterocycles. The van der Waals surface area contributed by atoms with Gasteiger partial charge in [-0.1, -0.05) is 6.07 Å². The Balaban J connectivity index is 0.000000224. The van der Waals surface area contributed by atoms with E-state index in [0.717, 1.165) is 52.0 Å². The van der Waals surface area contributed by atoms with Crippen molar-refractivity contribution < 1.29 is 101 Å². The number of ether oxygens (including phenoxy) is 6. The molecule has 0 saturated carbocycles. The van der Waals surface area contributed by atoms with Crippen LogP contribution in [0.2, 0.25) is 0 Å². The van der Waals surface area contributed by atoms with Crippen LogP contribution in [0.25, 0.3) is 22.1 Å². The third kappa shape index (κ3) is 9.01. The third-order valence-electron chi connectivity index (χ3n) is 8.18. The van der Waals surface area contributed by atoms with Crippen molar-refractivity contribution in [3.63, 3.8) is 0 Å². The topological polar surface area (TPSA) is 201 Å². The predicted molar refractivity (Wildman–Crippen MR) is 186 cm³/mol. The number of imidazole rings is 2. The third-order valence-corrected chi connectivity index (χ3v) is 10.5. The van der Waals surface area contributed by atoms with E-state index >= 15 is 0 Å². The molecule has 2 unspecified atom stereocenters. The zero-order chi connectivity index (χ0) is 34.8. The molecule has 0 fully saturated rings. The Hall–Kier alpha value is -3.26. The van der Waals surface area contributed by atoms with Crippen LogP contribution >= 0.6 is 0 Å². The molecule has 0 aliphatic carbocycles. The Labute approximate surface area is 354 Å². The van der Waals surface area contributed by atoms with Crippen molar-refractivity contribution in [2.45, 2.75) is 34.7 Å². The molecule has 0 spiro atoms. The number of pyridine rings is 2. The molecule has 268 valence electrons. The minimum Gasteiger partial charge on any atom is -0.870 e. The van der Waals surface area contributed by atoms with E-state index in [1.54, 1.807) is 38.7 Å². The van der Waals surface area contributed by atoms with Crippen molar-refractivity contribution >= 4 is 43.7 Å². The van der Waals surface area contributed by atoms with Gasteiger partial charge in [-0.25, -0.2) is 4.98 Å². The monoisotopic (exact) mass is 780 g/mol. The molecule has 2 N–H and O–H groups in total. The van der Waals surface area contributed by atoms with Crippen LogP contribution < -0.4 is 92.5 Å². The molecule has 19 heteroatoms. The van der Waals surface area contributed by atoms with Crippen LogP contribution in [0.1, 0.15) is 22.5 Å². The van der Waals surface area contributed by atoms with Gasteiger partial charge >= 0.3 is 59.1 Å². The summed E-state index contributed by atoms with van der Waals surface area (Å²) in [5, 5.41) is 0.690. The van der Waals surface area contributed by atoms with Crippen molar-refractivity contribution in [1.82, 2.24) is 29.9 Å². The first-order valence-electron chi connectivity index (χ1n) is 15.5. The number of aromatic amines is 1. The summed E-state index contributed by atoms with van der Waals surface area (Å²) in [4.78, 5) is 24.9. The van der Waals surface area contributed by atoms with Gasteiger partial charge in [0.25, 0.3) is 0 Å². The predicted octanol–water partition coefficient (Wildman–Crippen LogP) is -2.10. The number of benzene rings is 2. The molecule has 2 aliphatic rings. The first kappa shape index (κ1) is 42.5. The van der Waals surface area contributed by atoms with Crippen LogP contribution in [-0.4, -0.2) is 80.5 Å². The summed E-state index contributed by atoms with van der Waals surface area (Å²) in [5.41, 5.74) is 6.39. The first-order valence-corrected chi connectivity index (χ1v) is 18.2. The van der Waals surface area contributed by atoms with Gasteiger partial charge in [-0.2, -0.15) is 0 Å². The fraction of sp³-hybridized carbons (Fsp3) is 0.294. The number of fused-ring (bicyclic) bond motifs is 4. The van der Waals surface area contributed by atoms with E-state index in [0.29, 0.717) is 58.3 Å². The smallest absolute Gasteiger partial charge is 0.870 e. The largest absolute Gasteiger partial charge is 1.00 e. The second-order valence-corrected chi connectivity index (χ2v) is 13.8. The van der Waals surface area contributed by atoms with E-state index in [4.69, 9.17) is 28.4 Å². The van der Waals surface area contributed by atoms with Gasteiger partial charge < -0.3 is 48.8 Å². The Bertz CT molecular complexity index is 2030. The first-order chi connectivity index (χ1) is 24.4. The van der Waals surface area contributed by atoms with E-state index in [2.05, 4.69) is 29.9 Å². The number of nitrogens with one attached hydrogen (secondary N) is 1. The standard InChI is InChI=1S/C17H17N3O4S.C17H16N3O4S.2Na.H2O/c2*1-22-14-3-5-18-13(16(14)23-2)9-25(21)17-19-11-7-10-4-6-24-15(10)8-12(11)20-17;;;/h3,5,7-8H,4,6,9H2,1-2H3,(H,19,20);3,5,7-8H,4,6,9H2,1-2H3;;;1H2/q;-1;2*+1;/p-1. The van der Waals surface area contributed by atoms with Gasteiger partial charge in [0, 0.05) is 48.6 Å². The summed E-state index contributed by atoms with van der Waals surface area (Å²) >= 11 is 0. The average Bonchev–Trinajstić information content (AvgIpc) is 3.95. The number of rotatable bonds is 10. The summed E-state index contributed by atoms with van der Waals surface area (Å²) in [6.45, 7) is 1.38. The molecule has 0 amide bonds. The molecule has 53 heavy (non-hydrogen) atoms. The van der Waals surface area contributed by atoms with E-state index in [1.165, 1.54) is 14.2 Å². The SMILES string of the molecule is COc1ccnc(CS(=O)c2nc3cc4c(cc3[n-]2)OCC4)c1OC.COc1ccnc(CS(=O)c2nc3cc4c(cc3[nH]2)CCO4)c1OC.[Na+].[Na+].[OH-]. The van der Waals surface area contributed by atoms with Gasteiger partial charge in [0.2, 0.25) is 0 Å². The molecule has 2 atom stereocenters. The summed E-state index contributed by atoms with van der Waals surface area (Å²) in [6, 6.07) is 11.1. The summed E-state index contributed by atoms with van der Waals surface area (Å²) in [5.74, 6) is 4.08. The molecule has 15 nitrogen and oxygen atoms in total. The number of hydrogen-bond donors (Lipinski definition) is 1. The zero-order valence-electron chi connectivity index (χ0n) is 30.1. The normalized spacial score (nSPS) is 13.4. The molecular formula is C34H34N6Na2O9S2. The Morgan fingerprint density at radius 3 is 1.89 bits per heavy atom. The Kier molecular flexibility index (Phi) is 15.1. The molecular weight excluding hydrogens is 747 g/mol. The Morgan fingerprint density at radius 1 is 0.736 bits per heavy atom. The second-order valence-electron chi connectivity index (χ2n) is 11.1. The number of hydrogen-bond acceptors (Lipinski definition) is 13. The molecule has 0 radical (unpaired) electrons. The van der Waals surface area contributed by atoms with Gasteiger partial charge in [0.05, 0.1) is 97.2 Å². The molecule has 6 aromatic rings. The van der Waals surface area contributed by atoms with Crippen LogP contribution in [0.4, 0.5) is 0 Å². The van der Waals surface area contributed by atoms with E-state index in [1.807, 2.05) is 24.3 Å². The van der Waals surface area contributed by atoms with E-state index < -0.39 is 21.6 Å². The summed E-state index contributed by atoms with van der Waals surface area (Å²) in [7, 11) is 3.33.